The van der Waals surface area contributed by atoms with E-state index in [9.17, 15) is 64.2 Å². The lowest BCUT2D eigenvalue weighted by atomic mass is 9.99. The monoisotopic (exact) mass is 1110 g/mol. The zero-order valence-corrected chi connectivity index (χ0v) is 44.9. The van der Waals surface area contributed by atoms with Gasteiger partial charge >= 0.3 is 0 Å². The maximum Gasteiger partial charge on any atom is 0.252 e. The summed E-state index contributed by atoms with van der Waals surface area (Å²) in [6.45, 7) is 5.21. The maximum absolute atomic E-state index is 14.4. The lowest BCUT2D eigenvalue weighted by molar-refractivity contribution is -0.146. The number of carbonyl (C=O) groups is 7. The summed E-state index contributed by atoms with van der Waals surface area (Å²) >= 11 is 0. The second-order valence-corrected chi connectivity index (χ2v) is 20.7. The van der Waals surface area contributed by atoms with Crippen molar-refractivity contribution in [3.63, 3.8) is 0 Å². The van der Waals surface area contributed by atoms with Crippen molar-refractivity contribution in [2.45, 2.75) is 127 Å². The molecule has 0 radical (unpaired) electrons. The van der Waals surface area contributed by atoms with Crippen LogP contribution >= 0.6 is 0 Å². The van der Waals surface area contributed by atoms with Gasteiger partial charge in [-0.3, -0.25) is 43.9 Å². The van der Waals surface area contributed by atoms with Crippen molar-refractivity contribution < 1.29 is 68.9 Å². The molecule has 7 amide bonds. The third kappa shape index (κ3) is 14.6. The zero-order valence-electron chi connectivity index (χ0n) is 44.9. The predicted molar refractivity (Wildman–Crippen MR) is 292 cm³/mol. The Balaban J connectivity index is 1.16. The fourth-order valence-electron chi connectivity index (χ4n) is 9.89. The Kier molecular flexibility index (Phi) is 20.0. The lowest BCUT2D eigenvalue weighted by Gasteiger charge is -2.33. The number of hydrogen-bond acceptors (Lipinski definition) is 16. The highest BCUT2D eigenvalue weighted by Gasteiger charge is 2.49. The molecule has 3 aliphatic rings. The van der Waals surface area contributed by atoms with E-state index in [1.165, 1.54) is 43.3 Å². The summed E-state index contributed by atoms with van der Waals surface area (Å²) < 4.78 is 5.85. The molecule has 3 aliphatic heterocycles. The number of nitrogens with zero attached hydrogens (tertiary/aromatic N) is 3. The van der Waals surface area contributed by atoms with E-state index in [0.717, 1.165) is 64.0 Å². The number of rotatable bonds is 14. The Hall–Kier alpha value is -7.96. The van der Waals surface area contributed by atoms with Crippen molar-refractivity contribution in [3.8, 4) is 33.8 Å². The smallest absolute Gasteiger partial charge is 0.252 e. The average molecular weight is 1110 g/mol. The normalized spacial score (nSPS) is 25.6. The van der Waals surface area contributed by atoms with E-state index >= 15 is 0 Å². The minimum Gasteiger partial charge on any atom is -0.508 e. The summed E-state index contributed by atoms with van der Waals surface area (Å²) in [5.41, 5.74) is 10.2. The molecule has 428 valence electrons. The lowest BCUT2D eigenvalue weighted by Crippen LogP contribution is -2.64. The molecule has 80 heavy (non-hydrogen) atoms. The molecule has 2 saturated heterocycles. The highest BCUT2D eigenvalue weighted by Crippen LogP contribution is 2.29. The van der Waals surface area contributed by atoms with Crippen molar-refractivity contribution in [3.05, 3.63) is 108 Å². The molecule has 0 aromatic heterocycles. The number of benzene rings is 4. The van der Waals surface area contributed by atoms with Crippen LogP contribution in [0, 0.1) is 5.92 Å². The summed E-state index contributed by atoms with van der Waals surface area (Å²) in [4.78, 5) is 106. The van der Waals surface area contributed by atoms with E-state index in [0.29, 0.717) is 12.2 Å². The van der Waals surface area contributed by atoms with Gasteiger partial charge in [0.15, 0.2) is 5.96 Å². The van der Waals surface area contributed by atoms with Gasteiger partial charge in [-0.2, -0.15) is 0 Å². The van der Waals surface area contributed by atoms with Gasteiger partial charge in [0.25, 0.3) is 11.8 Å². The van der Waals surface area contributed by atoms with Crippen LogP contribution in [-0.2, 0) is 35.2 Å². The molecule has 3 heterocycles. The summed E-state index contributed by atoms with van der Waals surface area (Å²) in [7, 11) is 0. The van der Waals surface area contributed by atoms with Crippen LogP contribution in [0.2, 0.25) is 0 Å². The van der Waals surface area contributed by atoms with Gasteiger partial charge in [-0.05, 0) is 84.5 Å². The number of aromatic hydroxyl groups is 1. The number of fused-ring (bicyclic) bond motifs is 2. The first-order valence-electron chi connectivity index (χ1n) is 26.7. The number of aliphatic hydroxyl groups is 5. The number of unbranched alkanes of at least 4 members (excludes halogenated alkanes) is 2. The molecule has 2 unspecified atom stereocenters. The molecule has 0 spiro atoms. The first-order chi connectivity index (χ1) is 38.1. The number of aliphatic imine (C=N–C) groups is 1. The SMILES string of the molecule is CCCCCOc1ccc(-c2ccc(-c3ccc(C(=O)N[C@H]4CN=C(N)NC(=O)[C@@H]5[C@@H](O)[C@@H](C)CN5C(=O)[C@H](C(C)O)NC(=O)[C@H]([C@H](O)Cc5ccc(O)cc5)NC(=O)[C@@H]5C[C@@H](O)CN5C(=O)[C@H](C(C)O)NC4=O)cc3)cc2)cc1. The molecule has 4 aromatic rings. The largest absolute Gasteiger partial charge is 0.508 e. The Morgan fingerprint density at radius 2 is 1.25 bits per heavy atom. The maximum atomic E-state index is 14.4. The van der Waals surface area contributed by atoms with E-state index in [-0.39, 0.29) is 24.3 Å². The number of nitrogens with two attached hydrogens (primary N) is 1. The number of guanidine groups is 1. The molecule has 13 N–H and O–H groups in total. The summed E-state index contributed by atoms with van der Waals surface area (Å²) in [6, 6.07) is 17.0. The molecule has 2 fully saturated rings. The predicted octanol–water partition coefficient (Wildman–Crippen LogP) is -0.173. The highest BCUT2D eigenvalue weighted by atomic mass is 16.5. The second kappa shape index (κ2) is 26.8. The van der Waals surface area contributed by atoms with Crippen LogP contribution in [0.1, 0.15) is 69.3 Å². The summed E-state index contributed by atoms with van der Waals surface area (Å²) in [6.07, 6.45) is -5.54. The molecule has 23 nitrogen and oxygen atoms in total. The molecule has 4 aromatic carbocycles. The van der Waals surface area contributed by atoms with Crippen molar-refractivity contribution in [1.29, 1.82) is 0 Å². The van der Waals surface area contributed by atoms with E-state index in [4.69, 9.17) is 10.5 Å². The number of amides is 7. The number of phenolic OH excluding ortho intramolecular Hbond substituents is 1. The van der Waals surface area contributed by atoms with Crippen molar-refractivity contribution in [2.24, 2.45) is 16.6 Å². The van der Waals surface area contributed by atoms with Crippen LogP contribution in [-0.4, -0.2) is 181 Å². The molecular weight excluding hydrogens is 1030 g/mol. The zero-order chi connectivity index (χ0) is 57.9. The van der Waals surface area contributed by atoms with Crippen LogP contribution in [0.25, 0.3) is 22.3 Å². The molecule has 0 bridgehead atoms. The number of nitrogens with one attached hydrogen (secondary N) is 5. The van der Waals surface area contributed by atoms with Crippen LogP contribution in [0.15, 0.2) is 102 Å². The van der Waals surface area contributed by atoms with Gasteiger partial charge in [-0.15, -0.1) is 0 Å². The Bertz CT molecular complexity index is 2870. The molecule has 0 aliphatic carbocycles. The van der Waals surface area contributed by atoms with E-state index in [2.05, 4.69) is 38.5 Å². The minimum atomic E-state index is -1.94. The second-order valence-electron chi connectivity index (χ2n) is 20.7. The molecule has 0 saturated carbocycles. The Labute approximate surface area is 462 Å². The average Bonchev–Trinajstić information content (AvgIpc) is 4.02. The van der Waals surface area contributed by atoms with Gasteiger partial charge in [0.05, 0.1) is 43.7 Å². The summed E-state index contributed by atoms with van der Waals surface area (Å²) in [5, 5.41) is 77.8. The topological polar surface area (TPSA) is 355 Å². The standard InChI is InChI=1S/C57H71N9O14/c1-5-6-7-24-80-41-22-18-37(19-23-41)35-12-10-34(11-13-35)36-14-16-38(17-15-36)50(73)60-42-27-59-57(58)64-54(77)48-49(72)30(2)28-66(48)56(79)46(32(4)68)62-53(76)47(44(71)25-33-8-20-39(69)21-9-33)63-52(75)43-26-40(70)29-65(43)55(78)45(31(3)67)61-51(42)74/h8-23,30-32,40,42-49,67-72H,5-7,24-29H2,1-4H3,(H,60,73)(H,61,74)(H,62,76)(H,63,75)(H3,58,59,64,77)/t30-,31?,32?,40+,42-,43-,44+,45-,46-,47-,48-,49-/m0/s1. The van der Waals surface area contributed by atoms with Gasteiger partial charge in [0.2, 0.25) is 29.5 Å². The molecule has 23 heteroatoms. The number of ether oxygens (including phenoxy) is 1. The number of carbonyl (C=O) groups excluding carboxylic acids is 7. The van der Waals surface area contributed by atoms with Gasteiger partial charge in [-0.1, -0.05) is 87.4 Å². The summed E-state index contributed by atoms with van der Waals surface area (Å²) in [5.74, 6) is -8.05. The van der Waals surface area contributed by atoms with Crippen molar-refractivity contribution in [1.82, 2.24) is 36.4 Å². The van der Waals surface area contributed by atoms with Gasteiger partial charge in [0.1, 0.15) is 47.8 Å². The van der Waals surface area contributed by atoms with Gasteiger partial charge in [-0.25, -0.2) is 0 Å². The quantitative estimate of drug-likeness (QED) is 0.0730. The van der Waals surface area contributed by atoms with Crippen molar-refractivity contribution >= 4 is 47.3 Å². The van der Waals surface area contributed by atoms with Crippen LogP contribution in [0.5, 0.6) is 11.5 Å². The third-order valence-corrected chi connectivity index (χ3v) is 14.5. The number of phenols is 1. The van der Waals surface area contributed by atoms with Crippen molar-refractivity contribution in [2.75, 3.05) is 26.2 Å². The molecule has 12 atom stereocenters. The Morgan fingerprint density at radius 3 is 1.82 bits per heavy atom. The first-order valence-corrected chi connectivity index (χ1v) is 26.7. The van der Waals surface area contributed by atoms with E-state index < -0.39 is 140 Å². The first kappa shape index (κ1) is 59.7. The van der Waals surface area contributed by atoms with Crippen LogP contribution in [0.3, 0.4) is 0 Å². The van der Waals surface area contributed by atoms with E-state index in [1.54, 1.807) is 19.1 Å². The van der Waals surface area contributed by atoms with E-state index in [1.807, 2.05) is 48.5 Å². The van der Waals surface area contributed by atoms with Gasteiger partial charge < -0.3 is 72.2 Å². The van der Waals surface area contributed by atoms with Gasteiger partial charge in [0, 0.05) is 37.4 Å². The molecule has 7 rings (SSSR count). The van der Waals surface area contributed by atoms with Crippen LogP contribution in [0.4, 0.5) is 0 Å². The highest BCUT2D eigenvalue weighted by molar-refractivity contribution is 6.03. The fraction of sp³-hybridized carbons (Fsp3) is 0.439. The number of aliphatic hydroxyl groups excluding tert-OH is 5. The minimum absolute atomic E-state index is 0.0925. The Morgan fingerprint density at radius 1 is 0.713 bits per heavy atom. The molecular formula is C57H71N9O14. The number of hydrogen-bond donors (Lipinski definition) is 12. The third-order valence-electron chi connectivity index (χ3n) is 14.5. The fourth-order valence-corrected chi connectivity index (χ4v) is 9.89. The van der Waals surface area contributed by atoms with Crippen LogP contribution < -0.4 is 37.1 Å².